The first-order chi connectivity index (χ1) is 17.9. The number of para-hydroxylation sites is 1. The van der Waals surface area contributed by atoms with Gasteiger partial charge in [-0.1, -0.05) is 60.2 Å². The van der Waals surface area contributed by atoms with Gasteiger partial charge in [0.05, 0.1) is 18.7 Å². The highest BCUT2D eigenvalue weighted by Crippen LogP contribution is 2.42. The predicted octanol–water partition coefficient (Wildman–Crippen LogP) is 4.15. The number of aromatic amines is 1. The minimum Gasteiger partial charge on any atom is -0.465 e. The van der Waals surface area contributed by atoms with Gasteiger partial charge in [-0.05, 0) is 41.8 Å². The molecule has 0 aliphatic carbocycles. The number of carbonyl (C=O) groups excluding carboxylic acids is 3. The van der Waals surface area contributed by atoms with Crippen LogP contribution in [0.2, 0.25) is 0 Å². The molecule has 0 radical (unpaired) electrons. The van der Waals surface area contributed by atoms with Gasteiger partial charge in [-0.2, -0.15) is 0 Å². The quantitative estimate of drug-likeness (QED) is 0.433. The van der Waals surface area contributed by atoms with Gasteiger partial charge in [0.2, 0.25) is 11.8 Å². The van der Waals surface area contributed by atoms with Crippen molar-refractivity contribution < 1.29 is 19.1 Å². The Morgan fingerprint density at radius 1 is 1.00 bits per heavy atom. The van der Waals surface area contributed by atoms with E-state index in [1.165, 1.54) is 7.11 Å². The van der Waals surface area contributed by atoms with Crippen LogP contribution >= 0.6 is 0 Å². The second-order valence-corrected chi connectivity index (χ2v) is 9.78. The number of nitrogens with zero attached hydrogens (tertiary/aromatic N) is 2. The van der Waals surface area contributed by atoms with Gasteiger partial charge in [0.1, 0.15) is 12.6 Å². The fraction of sp³-hybridized carbons (Fsp3) is 0.233. The predicted molar refractivity (Wildman–Crippen MR) is 139 cm³/mol. The molecule has 3 heterocycles. The molecule has 2 atom stereocenters. The molecule has 7 heteroatoms. The molecule has 2 amide bonds. The summed E-state index contributed by atoms with van der Waals surface area (Å²) >= 11 is 0. The molecule has 1 aromatic heterocycles. The van der Waals surface area contributed by atoms with E-state index in [9.17, 15) is 14.4 Å². The number of aromatic nitrogens is 1. The van der Waals surface area contributed by atoms with E-state index >= 15 is 0 Å². The fourth-order valence-electron chi connectivity index (χ4n) is 5.64. The van der Waals surface area contributed by atoms with E-state index in [4.69, 9.17) is 4.74 Å². The standard InChI is InChI=1S/C30H27N3O4/c1-18-7-9-19(10-8-18)16-32-17-26(34)33-25(29(32)35)15-23-22-5-3-4-6-24(22)31-27(23)28(33)20-11-13-21(14-12-20)30(36)37-2/h3-14,25,28,31H,15-17H2,1-2H3. The lowest BCUT2D eigenvalue weighted by molar-refractivity contribution is -0.159. The fourth-order valence-corrected chi connectivity index (χ4v) is 5.64. The third kappa shape index (κ3) is 3.87. The van der Waals surface area contributed by atoms with Gasteiger partial charge in [-0.15, -0.1) is 0 Å². The summed E-state index contributed by atoms with van der Waals surface area (Å²) in [6.45, 7) is 2.44. The van der Waals surface area contributed by atoms with Gasteiger partial charge in [0.15, 0.2) is 0 Å². The SMILES string of the molecule is COC(=O)c1ccc(C2c3[nH]c4ccccc4c3CC3C(=O)N(Cc4ccc(C)cc4)CC(=O)N32)cc1. The lowest BCUT2D eigenvalue weighted by atomic mass is 9.86. The van der Waals surface area contributed by atoms with E-state index in [2.05, 4.69) is 11.1 Å². The van der Waals surface area contributed by atoms with Crippen molar-refractivity contribution in [1.29, 1.82) is 0 Å². The van der Waals surface area contributed by atoms with Crippen molar-refractivity contribution in [2.45, 2.75) is 32.0 Å². The zero-order valence-electron chi connectivity index (χ0n) is 20.7. The Hall–Kier alpha value is -4.39. The van der Waals surface area contributed by atoms with Gasteiger partial charge in [-0.3, -0.25) is 9.59 Å². The van der Waals surface area contributed by atoms with Crippen LogP contribution in [0.15, 0.2) is 72.8 Å². The van der Waals surface area contributed by atoms with Crippen LogP contribution in [-0.2, 0) is 27.3 Å². The Morgan fingerprint density at radius 3 is 2.46 bits per heavy atom. The summed E-state index contributed by atoms with van der Waals surface area (Å²) in [4.78, 5) is 46.5. The summed E-state index contributed by atoms with van der Waals surface area (Å²) in [6.07, 6.45) is 0.449. The molecule has 4 aromatic rings. The first-order valence-corrected chi connectivity index (χ1v) is 12.4. The first-order valence-electron chi connectivity index (χ1n) is 12.4. The number of benzene rings is 3. The monoisotopic (exact) mass is 493 g/mol. The van der Waals surface area contributed by atoms with Crippen LogP contribution < -0.4 is 0 Å². The molecule has 2 unspecified atom stereocenters. The number of hydrogen-bond acceptors (Lipinski definition) is 4. The highest BCUT2D eigenvalue weighted by atomic mass is 16.5. The van der Waals surface area contributed by atoms with E-state index in [1.807, 2.05) is 61.5 Å². The van der Waals surface area contributed by atoms with Crippen molar-refractivity contribution >= 4 is 28.7 Å². The van der Waals surface area contributed by atoms with Crippen molar-refractivity contribution in [3.63, 3.8) is 0 Å². The molecule has 1 fully saturated rings. The minimum atomic E-state index is -0.608. The molecule has 6 rings (SSSR count). The zero-order chi connectivity index (χ0) is 25.7. The maximum atomic E-state index is 13.9. The normalized spacial score (nSPS) is 19.1. The van der Waals surface area contributed by atoms with Crippen molar-refractivity contribution in [3.8, 4) is 0 Å². The average Bonchev–Trinajstić information content (AvgIpc) is 3.29. The number of hydrogen-bond donors (Lipinski definition) is 1. The number of rotatable bonds is 4. The molecule has 2 aliphatic heterocycles. The third-order valence-corrected chi connectivity index (χ3v) is 7.48. The number of ether oxygens (including phenoxy) is 1. The Balaban J connectivity index is 1.42. The summed E-state index contributed by atoms with van der Waals surface area (Å²) < 4.78 is 4.84. The number of esters is 1. The highest BCUT2D eigenvalue weighted by molar-refractivity contribution is 5.97. The molecular weight excluding hydrogens is 466 g/mol. The van der Waals surface area contributed by atoms with Gasteiger partial charge in [0.25, 0.3) is 0 Å². The van der Waals surface area contributed by atoms with E-state index < -0.39 is 18.1 Å². The Labute approximate surface area is 214 Å². The maximum absolute atomic E-state index is 13.9. The van der Waals surface area contributed by atoms with Crippen LogP contribution in [0.3, 0.4) is 0 Å². The summed E-state index contributed by atoms with van der Waals surface area (Å²) in [5.74, 6) is -0.564. The molecule has 0 saturated carbocycles. The molecule has 3 aromatic carbocycles. The molecule has 186 valence electrons. The van der Waals surface area contributed by atoms with Crippen LogP contribution in [0.5, 0.6) is 0 Å². The van der Waals surface area contributed by atoms with Crippen LogP contribution in [0.1, 0.15) is 44.3 Å². The number of fused-ring (bicyclic) bond motifs is 4. The number of aryl methyl sites for hydroxylation is 1. The number of H-pyrrole nitrogens is 1. The average molecular weight is 494 g/mol. The van der Waals surface area contributed by atoms with E-state index in [0.717, 1.165) is 38.9 Å². The first kappa shape index (κ1) is 23.0. The molecule has 1 N–H and O–H groups in total. The number of carbonyl (C=O) groups is 3. The summed E-state index contributed by atoms with van der Waals surface area (Å²) in [5.41, 5.74) is 6.35. The molecular formula is C30H27N3O4. The lowest BCUT2D eigenvalue weighted by Gasteiger charge is -2.47. The van der Waals surface area contributed by atoms with Crippen LogP contribution in [0.4, 0.5) is 0 Å². The van der Waals surface area contributed by atoms with Gasteiger partial charge in [0, 0.05) is 29.6 Å². The number of methoxy groups -OCH3 is 1. The smallest absolute Gasteiger partial charge is 0.337 e. The Bertz CT molecular complexity index is 1520. The zero-order valence-corrected chi connectivity index (χ0v) is 20.7. The molecule has 0 bridgehead atoms. The van der Waals surface area contributed by atoms with Crippen molar-refractivity contribution in [1.82, 2.24) is 14.8 Å². The summed E-state index contributed by atoms with van der Waals surface area (Å²) in [5, 5.41) is 1.06. The molecule has 2 aliphatic rings. The van der Waals surface area contributed by atoms with Gasteiger partial charge < -0.3 is 19.5 Å². The van der Waals surface area contributed by atoms with Crippen molar-refractivity contribution in [2.75, 3.05) is 13.7 Å². The molecule has 1 saturated heterocycles. The Kier molecular flexibility index (Phi) is 5.56. The van der Waals surface area contributed by atoms with Crippen molar-refractivity contribution in [3.05, 3.63) is 106 Å². The minimum absolute atomic E-state index is 0.0233. The summed E-state index contributed by atoms with van der Waals surface area (Å²) in [7, 11) is 1.35. The number of piperazine rings is 1. The largest absolute Gasteiger partial charge is 0.465 e. The van der Waals surface area contributed by atoms with Crippen molar-refractivity contribution in [2.24, 2.45) is 0 Å². The topological polar surface area (TPSA) is 82.7 Å². The Morgan fingerprint density at radius 2 is 1.73 bits per heavy atom. The van der Waals surface area contributed by atoms with Gasteiger partial charge >= 0.3 is 5.97 Å². The molecule has 37 heavy (non-hydrogen) atoms. The van der Waals surface area contributed by atoms with E-state index in [-0.39, 0.29) is 18.4 Å². The number of nitrogens with one attached hydrogen (secondary N) is 1. The second-order valence-electron chi connectivity index (χ2n) is 9.78. The lowest BCUT2D eigenvalue weighted by Crippen LogP contribution is -2.62. The highest BCUT2D eigenvalue weighted by Gasteiger charge is 2.48. The van der Waals surface area contributed by atoms with Crippen LogP contribution in [0.25, 0.3) is 10.9 Å². The van der Waals surface area contributed by atoms with E-state index in [1.54, 1.807) is 21.9 Å². The third-order valence-electron chi connectivity index (χ3n) is 7.48. The molecule has 7 nitrogen and oxygen atoms in total. The number of amides is 2. The van der Waals surface area contributed by atoms with Crippen LogP contribution in [-0.4, -0.2) is 52.3 Å². The maximum Gasteiger partial charge on any atom is 0.337 e. The molecule has 0 spiro atoms. The van der Waals surface area contributed by atoms with Gasteiger partial charge in [-0.25, -0.2) is 4.79 Å². The summed E-state index contributed by atoms with van der Waals surface area (Å²) in [6, 6.07) is 22.1. The van der Waals surface area contributed by atoms with E-state index in [0.29, 0.717) is 18.5 Å². The van der Waals surface area contributed by atoms with Crippen LogP contribution in [0, 0.1) is 6.92 Å². The second kappa shape index (κ2) is 8.92.